The fraction of sp³-hybridized carbons (Fsp3) is 0.261. The van der Waals surface area contributed by atoms with E-state index < -0.39 is 0 Å². The molecule has 2 amide bonds. The third-order valence-corrected chi connectivity index (χ3v) is 4.91. The van der Waals surface area contributed by atoms with Crippen LogP contribution in [0.25, 0.3) is 11.0 Å². The lowest BCUT2D eigenvalue weighted by molar-refractivity contribution is -0.133. The van der Waals surface area contributed by atoms with Crippen LogP contribution in [-0.4, -0.2) is 39.4 Å². The van der Waals surface area contributed by atoms with Crippen LogP contribution in [0.5, 0.6) is 0 Å². The van der Waals surface area contributed by atoms with Crippen molar-refractivity contribution in [3.63, 3.8) is 0 Å². The normalized spacial score (nSPS) is 10.6. The monoisotopic (exact) mass is 404 g/mol. The van der Waals surface area contributed by atoms with Gasteiger partial charge in [0.1, 0.15) is 0 Å². The molecule has 0 atom stereocenters. The molecule has 1 aromatic heterocycles. The second kappa shape index (κ2) is 9.14. The van der Waals surface area contributed by atoms with Crippen LogP contribution in [-0.2, 0) is 22.7 Å². The van der Waals surface area contributed by atoms with Crippen molar-refractivity contribution < 1.29 is 9.59 Å². The lowest BCUT2D eigenvalue weighted by atomic mass is 10.2. The molecule has 0 fully saturated rings. The van der Waals surface area contributed by atoms with E-state index in [-0.39, 0.29) is 37.0 Å². The van der Waals surface area contributed by atoms with E-state index in [1.165, 1.54) is 4.90 Å². The molecule has 2 aromatic carbocycles. The van der Waals surface area contributed by atoms with Crippen molar-refractivity contribution in [2.45, 2.75) is 26.4 Å². The number of nitrogens with zero attached hydrogens (tertiary/aromatic N) is 3. The minimum Gasteiger partial charge on any atom is -0.336 e. The summed E-state index contributed by atoms with van der Waals surface area (Å²) in [6.45, 7) is 2.63. The summed E-state index contributed by atoms with van der Waals surface area (Å²) in [5.74, 6) is 1.97. The van der Waals surface area contributed by atoms with Gasteiger partial charge in [0, 0.05) is 37.8 Å². The van der Waals surface area contributed by atoms with E-state index in [2.05, 4.69) is 11.2 Å². The Hall–Kier alpha value is -3.79. The quantitative estimate of drug-likeness (QED) is 0.614. The lowest BCUT2D eigenvalue weighted by Crippen LogP contribution is -2.36. The predicted octanol–water partition coefficient (Wildman–Crippen LogP) is 2.29. The van der Waals surface area contributed by atoms with Gasteiger partial charge in [0.25, 0.3) is 0 Å². The molecule has 7 heteroatoms. The molecule has 154 valence electrons. The van der Waals surface area contributed by atoms with Gasteiger partial charge in [-0.25, -0.2) is 4.79 Å². The van der Waals surface area contributed by atoms with Gasteiger partial charge in [-0.15, -0.1) is 6.42 Å². The first-order valence-corrected chi connectivity index (χ1v) is 9.73. The molecule has 0 aliphatic carbocycles. The molecule has 0 aliphatic heterocycles. The van der Waals surface area contributed by atoms with Crippen molar-refractivity contribution >= 4 is 28.5 Å². The molecular weight excluding hydrogens is 380 g/mol. The minimum atomic E-state index is -0.320. The first-order chi connectivity index (χ1) is 14.4. The Morgan fingerprint density at radius 1 is 1.10 bits per heavy atom. The standard InChI is InChI=1S/C23H24N4O3/c1-4-17-9-8-10-18(15-17)24-21(28)16-25(3)22(29)13-14-27-20-12-7-6-11-19(20)26(5-2)23(27)30/h1,6-12,15H,5,13-14,16H2,2-3H3,(H,24,28). The van der Waals surface area contributed by atoms with Crippen LogP contribution in [0.4, 0.5) is 5.69 Å². The van der Waals surface area contributed by atoms with Crippen LogP contribution < -0.4 is 11.0 Å². The highest BCUT2D eigenvalue weighted by molar-refractivity contribution is 5.94. The number of carbonyl (C=O) groups is 2. The average molecular weight is 404 g/mol. The number of hydrogen-bond acceptors (Lipinski definition) is 3. The number of carbonyl (C=O) groups excluding carboxylic acids is 2. The molecule has 0 aliphatic rings. The number of aryl methyl sites for hydroxylation is 2. The highest BCUT2D eigenvalue weighted by atomic mass is 16.2. The third kappa shape index (κ3) is 4.44. The summed E-state index contributed by atoms with van der Waals surface area (Å²) < 4.78 is 3.29. The zero-order chi connectivity index (χ0) is 21.7. The summed E-state index contributed by atoms with van der Waals surface area (Å²) in [6, 6.07) is 14.5. The van der Waals surface area contributed by atoms with Crippen molar-refractivity contribution in [1.82, 2.24) is 14.0 Å². The largest absolute Gasteiger partial charge is 0.336 e. The zero-order valence-electron chi connectivity index (χ0n) is 17.1. The predicted molar refractivity (Wildman–Crippen MR) is 117 cm³/mol. The molecule has 0 saturated carbocycles. The summed E-state index contributed by atoms with van der Waals surface area (Å²) in [6.07, 6.45) is 5.48. The number of hydrogen-bond donors (Lipinski definition) is 1. The number of terminal acetylenes is 1. The summed E-state index contributed by atoms with van der Waals surface area (Å²) in [5.41, 5.74) is 2.75. The number of fused-ring (bicyclic) bond motifs is 1. The second-order valence-electron chi connectivity index (χ2n) is 6.94. The van der Waals surface area contributed by atoms with E-state index in [4.69, 9.17) is 6.42 Å². The Labute approximate surface area is 174 Å². The molecule has 3 rings (SSSR count). The molecular formula is C23H24N4O3. The van der Waals surface area contributed by atoms with Gasteiger partial charge in [-0.1, -0.05) is 24.1 Å². The number of amides is 2. The van der Waals surface area contributed by atoms with Crippen LogP contribution in [0.15, 0.2) is 53.3 Å². The van der Waals surface area contributed by atoms with Crippen LogP contribution in [0.1, 0.15) is 18.9 Å². The SMILES string of the molecule is C#Cc1cccc(NC(=O)CN(C)C(=O)CCn2c(=O)n(CC)c3ccccc32)c1. The van der Waals surface area contributed by atoms with Gasteiger partial charge in [0.15, 0.2) is 0 Å². The highest BCUT2D eigenvalue weighted by Gasteiger charge is 2.16. The molecule has 0 bridgehead atoms. The van der Waals surface area contributed by atoms with E-state index in [0.29, 0.717) is 17.8 Å². The van der Waals surface area contributed by atoms with Crippen molar-refractivity contribution in [2.75, 3.05) is 18.9 Å². The highest BCUT2D eigenvalue weighted by Crippen LogP contribution is 2.13. The number of nitrogens with one attached hydrogen (secondary N) is 1. The lowest BCUT2D eigenvalue weighted by Gasteiger charge is -2.17. The van der Waals surface area contributed by atoms with Crippen molar-refractivity contribution in [1.29, 1.82) is 0 Å². The number of aromatic nitrogens is 2. The summed E-state index contributed by atoms with van der Waals surface area (Å²) in [5, 5.41) is 2.73. The molecule has 0 saturated heterocycles. The fourth-order valence-electron chi connectivity index (χ4n) is 3.38. The van der Waals surface area contributed by atoms with Crippen LogP contribution >= 0.6 is 0 Å². The maximum Gasteiger partial charge on any atom is 0.329 e. The van der Waals surface area contributed by atoms with Crippen LogP contribution in [0.2, 0.25) is 0 Å². The van der Waals surface area contributed by atoms with E-state index >= 15 is 0 Å². The number of rotatable bonds is 7. The molecule has 30 heavy (non-hydrogen) atoms. The maximum atomic E-state index is 12.7. The molecule has 0 spiro atoms. The number of para-hydroxylation sites is 2. The van der Waals surface area contributed by atoms with Crippen molar-refractivity contribution in [2.24, 2.45) is 0 Å². The van der Waals surface area contributed by atoms with Gasteiger partial charge in [-0.3, -0.25) is 18.7 Å². The van der Waals surface area contributed by atoms with E-state index in [9.17, 15) is 14.4 Å². The second-order valence-corrected chi connectivity index (χ2v) is 6.94. The number of imidazole rings is 1. The van der Waals surface area contributed by atoms with Gasteiger partial charge in [-0.05, 0) is 37.3 Å². The summed E-state index contributed by atoms with van der Waals surface area (Å²) >= 11 is 0. The Kier molecular flexibility index (Phi) is 6.38. The fourth-order valence-corrected chi connectivity index (χ4v) is 3.38. The Morgan fingerprint density at radius 2 is 1.80 bits per heavy atom. The van der Waals surface area contributed by atoms with E-state index in [1.807, 2.05) is 31.2 Å². The maximum absolute atomic E-state index is 12.7. The Bertz CT molecular complexity index is 1180. The van der Waals surface area contributed by atoms with Crippen molar-refractivity contribution in [3.8, 4) is 12.3 Å². The van der Waals surface area contributed by atoms with Gasteiger partial charge in [0.2, 0.25) is 11.8 Å². The zero-order valence-corrected chi connectivity index (χ0v) is 17.1. The van der Waals surface area contributed by atoms with Crippen LogP contribution in [0, 0.1) is 12.3 Å². The number of anilines is 1. The minimum absolute atomic E-state index is 0.0925. The number of benzene rings is 2. The van der Waals surface area contributed by atoms with Gasteiger partial charge < -0.3 is 10.2 Å². The topological polar surface area (TPSA) is 76.3 Å². The van der Waals surface area contributed by atoms with Gasteiger partial charge in [-0.2, -0.15) is 0 Å². The van der Waals surface area contributed by atoms with Gasteiger partial charge >= 0.3 is 5.69 Å². The van der Waals surface area contributed by atoms with E-state index in [1.54, 1.807) is 40.4 Å². The molecule has 1 N–H and O–H groups in total. The molecule has 7 nitrogen and oxygen atoms in total. The molecule has 0 radical (unpaired) electrons. The summed E-state index contributed by atoms with van der Waals surface area (Å²) in [4.78, 5) is 38.8. The number of likely N-dealkylation sites (N-methyl/N-ethyl adjacent to an activating group) is 1. The molecule has 3 aromatic rings. The average Bonchev–Trinajstić information content (AvgIpc) is 3.02. The van der Waals surface area contributed by atoms with Gasteiger partial charge in [0.05, 0.1) is 17.6 Å². The smallest absolute Gasteiger partial charge is 0.329 e. The molecule has 1 heterocycles. The van der Waals surface area contributed by atoms with Crippen molar-refractivity contribution in [3.05, 3.63) is 64.6 Å². The first-order valence-electron chi connectivity index (χ1n) is 9.73. The Morgan fingerprint density at radius 3 is 2.47 bits per heavy atom. The van der Waals surface area contributed by atoms with Crippen LogP contribution in [0.3, 0.4) is 0 Å². The summed E-state index contributed by atoms with van der Waals surface area (Å²) in [7, 11) is 1.57. The first kappa shape index (κ1) is 20.9. The Balaban J connectivity index is 1.62. The van der Waals surface area contributed by atoms with E-state index in [0.717, 1.165) is 11.0 Å². The molecule has 0 unspecified atom stereocenters. The third-order valence-electron chi connectivity index (χ3n) is 4.91.